The zero-order valence-corrected chi connectivity index (χ0v) is 9.63. The Labute approximate surface area is 98.7 Å². The molecule has 17 heavy (non-hydrogen) atoms. The molecule has 8 heteroatoms. The summed E-state index contributed by atoms with van der Waals surface area (Å²) >= 11 is 0. The first kappa shape index (κ1) is 11.4. The van der Waals surface area contributed by atoms with E-state index in [1.807, 2.05) is 0 Å². The van der Waals surface area contributed by atoms with E-state index in [1.165, 1.54) is 23.2 Å². The number of para-hydroxylation sites is 2. The SMILES string of the molecule is C[S@@](=O)c1nncn1-c1ccccc1[N+](=O)[O-]. The van der Waals surface area contributed by atoms with E-state index in [0.29, 0.717) is 5.69 Å². The van der Waals surface area contributed by atoms with Gasteiger partial charge in [-0.1, -0.05) is 12.1 Å². The average Bonchev–Trinajstić information content (AvgIpc) is 2.77. The molecule has 1 atom stereocenters. The molecule has 1 aromatic heterocycles. The highest BCUT2D eigenvalue weighted by Crippen LogP contribution is 2.23. The number of nitro groups is 1. The number of rotatable bonds is 3. The van der Waals surface area contributed by atoms with E-state index in [0.717, 1.165) is 0 Å². The molecule has 0 N–H and O–H groups in total. The van der Waals surface area contributed by atoms with Gasteiger partial charge >= 0.3 is 0 Å². The molecule has 0 saturated carbocycles. The van der Waals surface area contributed by atoms with E-state index in [1.54, 1.807) is 18.2 Å². The van der Waals surface area contributed by atoms with Crippen molar-refractivity contribution in [1.29, 1.82) is 0 Å². The van der Waals surface area contributed by atoms with Crippen molar-refractivity contribution >= 4 is 16.5 Å². The minimum Gasteiger partial charge on any atom is -0.268 e. The molecular formula is C9H8N4O3S. The van der Waals surface area contributed by atoms with E-state index < -0.39 is 15.7 Å². The lowest BCUT2D eigenvalue weighted by atomic mass is 10.3. The van der Waals surface area contributed by atoms with Gasteiger partial charge < -0.3 is 0 Å². The number of nitro benzene ring substituents is 1. The highest BCUT2D eigenvalue weighted by atomic mass is 32.2. The Morgan fingerprint density at radius 3 is 2.76 bits per heavy atom. The Morgan fingerprint density at radius 1 is 1.41 bits per heavy atom. The van der Waals surface area contributed by atoms with E-state index >= 15 is 0 Å². The van der Waals surface area contributed by atoms with Gasteiger partial charge in [0.1, 0.15) is 12.0 Å². The quantitative estimate of drug-likeness (QED) is 0.598. The van der Waals surface area contributed by atoms with Crippen molar-refractivity contribution in [2.45, 2.75) is 5.16 Å². The van der Waals surface area contributed by atoms with Crippen molar-refractivity contribution in [2.24, 2.45) is 0 Å². The molecule has 0 bridgehead atoms. The van der Waals surface area contributed by atoms with Crippen molar-refractivity contribution in [3.05, 3.63) is 40.7 Å². The van der Waals surface area contributed by atoms with E-state index in [-0.39, 0.29) is 10.8 Å². The molecule has 0 spiro atoms. The van der Waals surface area contributed by atoms with Gasteiger partial charge in [0.25, 0.3) is 5.69 Å². The molecule has 0 fully saturated rings. The second kappa shape index (κ2) is 4.42. The summed E-state index contributed by atoms with van der Waals surface area (Å²) in [5.74, 6) is 0. The molecule has 0 radical (unpaired) electrons. The van der Waals surface area contributed by atoms with Crippen molar-refractivity contribution < 1.29 is 9.13 Å². The standard InChI is InChI=1S/C9H8N4O3S/c1-17(16)9-11-10-6-12(9)7-4-2-3-5-8(7)13(14)15/h2-6H,1H3/t17-/m1/s1. The van der Waals surface area contributed by atoms with E-state index in [4.69, 9.17) is 0 Å². The van der Waals surface area contributed by atoms with E-state index in [2.05, 4.69) is 10.2 Å². The lowest BCUT2D eigenvalue weighted by Crippen LogP contribution is -2.04. The van der Waals surface area contributed by atoms with Crippen LogP contribution in [0.4, 0.5) is 5.69 Å². The van der Waals surface area contributed by atoms with Gasteiger partial charge in [-0.3, -0.25) is 18.9 Å². The average molecular weight is 252 g/mol. The van der Waals surface area contributed by atoms with Gasteiger partial charge in [0, 0.05) is 12.3 Å². The molecular weight excluding hydrogens is 244 g/mol. The molecule has 0 unspecified atom stereocenters. The lowest BCUT2D eigenvalue weighted by molar-refractivity contribution is -0.384. The van der Waals surface area contributed by atoms with Crippen LogP contribution in [0.1, 0.15) is 0 Å². The zero-order valence-electron chi connectivity index (χ0n) is 8.81. The van der Waals surface area contributed by atoms with Crippen LogP contribution in [0.25, 0.3) is 5.69 Å². The molecule has 1 heterocycles. The van der Waals surface area contributed by atoms with Gasteiger partial charge in [0.2, 0.25) is 5.16 Å². The minimum absolute atomic E-state index is 0.0843. The molecule has 0 aliphatic rings. The van der Waals surface area contributed by atoms with Crippen LogP contribution >= 0.6 is 0 Å². The summed E-state index contributed by atoms with van der Waals surface area (Å²) in [6.07, 6.45) is 2.74. The Kier molecular flexibility index (Phi) is 2.96. The van der Waals surface area contributed by atoms with Gasteiger partial charge in [0.15, 0.2) is 0 Å². The number of hydrogen-bond acceptors (Lipinski definition) is 5. The summed E-state index contributed by atoms with van der Waals surface area (Å²) in [6.45, 7) is 0. The Morgan fingerprint density at radius 2 is 2.12 bits per heavy atom. The summed E-state index contributed by atoms with van der Waals surface area (Å²) in [7, 11) is -1.36. The number of nitrogens with zero attached hydrogens (tertiary/aromatic N) is 4. The van der Waals surface area contributed by atoms with Gasteiger partial charge in [0.05, 0.1) is 15.7 Å². The fourth-order valence-corrected chi connectivity index (χ4v) is 1.99. The molecule has 7 nitrogen and oxygen atoms in total. The summed E-state index contributed by atoms with van der Waals surface area (Å²) in [5, 5.41) is 18.4. The van der Waals surface area contributed by atoms with Crippen LogP contribution in [0.2, 0.25) is 0 Å². The van der Waals surface area contributed by atoms with Crippen molar-refractivity contribution in [3.8, 4) is 5.69 Å². The van der Waals surface area contributed by atoms with Gasteiger partial charge in [-0.2, -0.15) is 0 Å². The lowest BCUT2D eigenvalue weighted by Gasteiger charge is -2.04. The van der Waals surface area contributed by atoms with Crippen LogP contribution in [-0.2, 0) is 10.8 Å². The fourth-order valence-electron chi connectivity index (χ4n) is 1.41. The maximum absolute atomic E-state index is 11.4. The summed E-state index contributed by atoms with van der Waals surface area (Å²) in [4.78, 5) is 10.4. The molecule has 0 aliphatic carbocycles. The van der Waals surface area contributed by atoms with Crippen LogP contribution in [0.3, 0.4) is 0 Å². The van der Waals surface area contributed by atoms with Crippen LogP contribution in [-0.4, -0.2) is 30.2 Å². The summed E-state index contributed by atoms with van der Waals surface area (Å²) in [5.41, 5.74) is 0.215. The molecule has 88 valence electrons. The maximum atomic E-state index is 11.4. The number of aromatic nitrogens is 3. The molecule has 1 aromatic carbocycles. The Balaban J connectivity index is 2.64. The predicted molar refractivity (Wildman–Crippen MR) is 60.3 cm³/mol. The highest BCUT2D eigenvalue weighted by Gasteiger charge is 2.18. The topological polar surface area (TPSA) is 90.9 Å². The molecule has 2 aromatic rings. The molecule has 0 aliphatic heterocycles. The highest BCUT2D eigenvalue weighted by molar-refractivity contribution is 7.84. The maximum Gasteiger partial charge on any atom is 0.293 e. The third kappa shape index (κ3) is 2.07. The van der Waals surface area contributed by atoms with Gasteiger partial charge in [-0.05, 0) is 6.07 Å². The predicted octanol–water partition coefficient (Wildman–Crippen LogP) is 0.913. The van der Waals surface area contributed by atoms with Crippen LogP contribution < -0.4 is 0 Å². The summed E-state index contributed by atoms with van der Waals surface area (Å²) in [6, 6.07) is 6.15. The minimum atomic E-state index is -1.36. The van der Waals surface area contributed by atoms with Crippen LogP contribution in [0, 0.1) is 10.1 Å². The van der Waals surface area contributed by atoms with Gasteiger partial charge in [-0.15, -0.1) is 10.2 Å². The van der Waals surface area contributed by atoms with Crippen molar-refractivity contribution in [3.63, 3.8) is 0 Å². The Hall–Kier alpha value is -2.09. The molecule has 0 amide bonds. The second-order valence-corrected chi connectivity index (χ2v) is 4.46. The van der Waals surface area contributed by atoms with Crippen molar-refractivity contribution in [2.75, 3.05) is 6.26 Å². The zero-order chi connectivity index (χ0) is 12.4. The largest absolute Gasteiger partial charge is 0.293 e. The number of benzene rings is 1. The van der Waals surface area contributed by atoms with Crippen LogP contribution in [0.5, 0.6) is 0 Å². The summed E-state index contributed by atoms with van der Waals surface area (Å²) < 4.78 is 12.8. The van der Waals surface area contributed by atoms with Crippen LogP contribution in [0.15, 0.2) is 35.7 Å². The fraction of sp³-hybridized carbons (Fsp3) is 0.111. The first-order chi connectivity index (χ1) is 8.11. The second-order valence-electron chi connectivity index (χ2n) is 3.18. The third-order valence-corrected chi connectivity index (χ3v) is 2.90. The normalized spacial score (nSPS) is 12.3. The smallest absolute Gasteiger partial charge is 0.268 e. The van der Waals surface area contributed by atoms with Crippen molar-refractivity contribution in [1.82, 2.24) is 14.8 Å². The third-order valence-electron chi connectivity index (χ3n) is 2.11. The van der Waals surface area contributed by atoms with Gasteiger partial charge in [-0.25, -0.2) is 0 Å². The first-order valence-electron chi connectivity index (χ1n) is 4.58. The van der Waals surface area contributed by atoms with E-state index in [9.17, 15) is 14.3 Å². The molecule has 0 saturated heterocycles. The Bertz CT molecular complexity index is 595. The first-order valence-corrected chi connectivity index (χ1v) is 6.14. The number of hydrogen-bond donors (Lipinski definition) is 0. The molecule has 2 rings (SSSR count). The monoisotopic (exact) mass is 252 g/mol.